The predicted octanol–water partition coefficient (Wildman–Crippen LogP) is 4.53. The summed E-state index contributed by atoms with van der Waals surface area (Å²) in [6.45, 7) is 1.52. The highest BCUT2D eigenvalue weighted by atomic mass is 35.5. The van der Waals surface area contributed by atoms with Gasteiger partial charge in [-0.25, -0.2) is 0 Å². The van der Waals surface area contributed by atoms with E-state index in [2.05, 4.69) is 4.90 Å². The first kappa shape index (κ1) is 14.6. The van der Waals surface area contributed by atoms with Crippen LogP contribution in [-0.4, -0.2) is 17.5 Å². The van der Waals surface area contributed by atoms with Gasteiger partial charge in [0.2, 0.25) is 0 Å². The minimum atomic E-state index is 0.235. The Kier molecular flexibility index (Phi) is 4.56. The summed E-state index contributed by atoms with van der Waals surface area (Å²) in [5.74, 6) is 0. The number of rotatable bonds is 2. The minimum Gasteiger partial charge on any atom is -0.329 e. The fourth-order valence-electron chi connectivity index (χ4n) is 3.82. The summed E-state index contributed by atoms with van der Waals surface area (Å²) in [6.07, 6.45) is 7.95. The van der Waals surface area contributed by atoms with Gasteiger partial charge in [0.15, 0.2) is 0 Å². The van der Waals surface area contributed by atoms with Crippen molar-refractivity contribution < 1.29 is 0 Å². The molecule has 1 aromatic carbocycles. The number of nitrogens with two attached hydrogens (primary N) is 1. The first-order valence-electron chi connectivity index (χ1n) is 7.65. The molecule has 2 aliphatic rings. The Bertz CT molecular complexity index is 482. The van der Waals surface area contributed by atoms with Crippen LogP contribution >= 0.6 is 23.2 Å². The highest BCUT2D eigenvalue weighted by Gasteiger charge is 2.36. The molecule has 1 atom stereocenters. The molecule has 1 saturated carbocycles. The first-order valence-corrected chi connectivity index (χ1v) is 8.40. The third kappa shape index (κ3) is 2.59. The quantitative estimate of drug-likeness (QED) is 0.813. The lowest BCUT2D eigenvalue weighted by molar-refractivity contribution is 0.135. The molecule has 1 heterocycles. The molecule has 0 bridgehead atoms. The van der Waals surface area contributed by atoms with E-state index >= 15 is 0 Å². The molecular formula is C16H22Cl2N2. The standard InChI is InChI=1S/C16H22Cl2N2/c17-13-7-8-14(18)16-12(13)10-20(15(16)9-19)11-5-3-1-2-4-6-11/h7-8,11,15H,1-6,9-10,19H2. The van der Waals surface area contributed by atoms with Crippen LogP contribution in [0.3, 0.4) is 0 Å². The Morgan fingerprint density at radius 3 is 2.35 bits per heavy atom. The van der Waals surface area contributed by atoms with E-state index in [-0.39, 0.29) is 6.04 Å². The van der Waals surface area contributed by atoms with Crippen LogP contribution in [0.5, 0.6) is 0 Å². The van der Waals surface area contributed by atoms with Gasteiger partial charge in [0, 0.05) is 35.2 Å². The molecule has 20 heavy (non-hydrogen) atoms. The number of hydrogen-bond donors (Lipinski definition) is 1. The van der Waals surface area contributed by atoms with Gasteiger partial charge < -0.3 is 5.73 Å². The lowest BCUT2D eigenvalue weighted by Crippen LogP contribution is -2.36. The summed E-state index contributed by atoms with van der Waals surface area (Å²) in [5.41, 5.74) is 8.43. The van der Waals surface area contributed by atoms with Crippen molar-refractivity contribution in [2.24, 2.45) is 5.73 Å². The number of halogens is 2. The van der Waals surface area contributed by atoms with Crippen molar-refractivity contribution in [1.82, 2.24) is 4.90 Å². The fraction of sp³-hybridized carbons (Fsp3) is 0.625. The first-order chi connectivity index (χ1) is 9.72. The summed E-state index contributed by atoms with van der Waals surface area (Å²) in [6, 6.07) is 4.68. The second-order valence-corrected chi connectivity index (χ2v) is 6.81. The third-order valence-corrected chi connectivity index (χ3v) is 5.52. The van der Waals surface area contributed by atoms with Gasteiger partial charge in [-0.3, -0.25) is 4.90 Å². The maximum absolute atomic E-state index is 6.41. The summed E-state index contributed by atoms with van der Waals surface area (Å²) < 4.78 is 0. The van der Waals surface area contributed by atoms with Crippen LogP contribution in [0.25, 0.3) is 0 Å². The zero-order valence-corrected chi connectivity index (χ0v) is 13.3. The van der Waals surface area contributed by atoms with Crippen molar-refractivity contribution in [1.29, 1.82) is 0 Å². The monoisotopic (exact) mass is 312 g/mol. The van der Waals surface area contributed by atoms with Crippen LogP contribution in [0.2, 0.25) is 10.0 Å². The molecule has 110 valence electrons. The fourth-order valence-corrected chi connectivity index (χ4v) is 4.34. The van der Waals surface area contributed by atoms with E-state index in [1.807, 2.05) is 12.1 Å². The van der Waals surface area contributed by atoms with Crippen LogP contribution in [0, 0.1) is 0 Å². The second-order valence-electron chi connectivity index (χ2n) is 5.99. The summed E-state index contributed by atoms with van der Waals surface area (Å²) in [5, 5.41) is 1.65. The molecule has 0 amide bonds. The molecule has 0 spiro atoms. The summed E-state index contributed by atoms with van der Waals surface area (Å²) in [4.78, 5) is 2.55. The van der Waals surface area contributed by atoms with E-state index in [9.17, 15) is 0 Å². The lowest BCUT2D eigenvalue weighted by Gasteiger charge is -2.32. The van der Waals surface area contributed by atoms with Crippen molar-refractivity contribution >= 4 is 23.2 Å². The Hall–Kier alpha value is -0.280. The molecular weight excluding hydrogens is 291 g/mol. The van der Waals surface area contributed by atoms with E-state index in [1.54, 1.807) is 0 Å². The van der Waals surface area contributed by atoms with Crippen molar-refractivity contribution in [3.63, 3.8) is 0 Å². The number of fused-ring (bicyclic) bond motifs is 1. The molecule has 1 aliphatic heterocycles. The van der Waals surface area contributed by atoms with Gasteiger partial charge in [0.25, 0.3) is 0 Å². The number of benzene rings is 1. The Morgan fingerprint density at radius 1 is 1.05 bits per heavy atom. The van der Waals surface area contributed by atoms with Gasteiger partial charge in [-0.05, 0) is 36.1 Å². The lowest BCUT2D eigenvalue weighted by atomic mass is 10.0. The normalized spacial score (nSPS) is 24.6. The second kappa shape index (κ2) is 6.23. The van der Waals surface area contributed by atoms with Gasteiger partial charge in [-0.15, -0.1) is 0 Å². The van der Waals surface area contributed by atoms with Gasteiger partial charge in [0.05, 0.1) is 0 Å². The smallest absolute Gasteiger partial charge is 0.0495 e. The van der Waals surface area contributed by atoms with Crippen LogP contribution in [-0.2, 0) is 6.54 Å². The predicted molar refractivity (Wildman–Crippen MR) is 85.3 cm³/mol. The Morgan fingerprint density at radius 2 is 1.70 bits per heavy atom. The topological polar surface area (TPSA) is 29.3 Å². The molecule has 3 rings (SSSR count). The molecule has 1 unspecified atom stereocenters. The summed E-state index contributed by atoms with van der Waals surface area (Å²) in [7, 11) is 0. The maximum atomic E-state index is 6.41. The zero-order chi connectivity index (χ0) is 14.1. The molecule has 2 N–H and O–H groups in total. The number of nitrogens with zero attached hydrogens (tertiary/aromatic N) is 1. The Labute approximate surface area is 131 Å². The van der Waals surface area contributed by atoms with Crippen molar-refractivity contribution in [2.75, 3.05) is 6.54 Å². The SMILES string of the molecule is NCC1c2c(Cl)ccc(Cl)c2CN1C1CCCCCC1. The van der Waals surface area contributed by atoms with E-state index < -0.39 is 0 Å². The van der Waals surface area contributed by atoms with Crippen LogP contribution in [0.1, 0.15) is 55.7 Å². The molecule has 1 fully saturated rings. The average Bonchev–Trinajstić information content (AvgIpc) is 2.65. The molecule has 4 heteroatoms. The van der Waals surface area contributed by atoms with E-state index in [0.717, 1.165) is 16.6 Å². The number of hydrogen-bond acceptors (Lipinski definition) is 2. The van der Waals surface area contributed by atoms with E-state index in [0.29, 0.717) is 12.6 Å². The highest BCUT2D eigenvalue weighted by Crippen LogP contribution is 2.43. The Balaban J connectivity index is 1.91. The molecule has 0 aromatic heterocycles. The summed E-state index contributed by atoms with van der Waals surface area (Å²) >= 11 is 12.8. The molecule has 0 saturated heterocycles. The van der Waals surface area contributed by atoms with Crippen LogP contribution in [0.15, 0.2) is 12.1 Å². The van der Waals surface area contributed by atoms with Crippen LogP contribution in [0.4, 0.5) is 0 Å². The average molecular weight is 313 g/mol. The van der Waals surface area contributed by atoms with Gasteiger partial charge >= 0.3 is 0 Å². The molecule has 1 aliphatic carbocycles. The van der Waals surface area contributed by atoms with Gasteiger partial charge in [0.1, 0.15) is 0 Å². The van der Waals surface area contributed by atoms with Crippen molar-refractivity contribution in [2.45, 2.75) is 57.2 Å². The van der Waals surface area contributed by atoms with Gasteiger partial charge in [-0.2, -0.15) is 0 Å². The van der Waals surface area contributed by atoms with Gasteiger partial charge in [-0.1, -0.05) is 48.9 Å². The van der Waals surface area contributed by atoms with Crippen molar-refractivity contribution in [3.05, 3.63) is 33.3 Å². The van der Waals surface area contributed by atoms with Crippen LogP contribution < -0.4 is 5.73 Å². The van der Waals surface area contributed by atoms with E-state index in [4.69, 9.17) is 28.9 Å². The zero-order valence-electron chi connectivity index (χ0n) is 11.7. The molecule has 2 nitrogen and oxygen atoms in total. The minimum absolute atomic E-state index is 0.235. The molecule has 0 radical (unpaired) electrons. The maximum Gasteiger partial charge on any atom is 0.0495 e. The largest absolute Gasteiger partial charge is 0.329 e. The third-order valence-electron chi connectivity index (χ3n) is 4.84. The molecule has 1 aromatic rings. The van der Waals surface area contributed by atoms with Crippen molar-refractivity contribution in [3.8, 4) is 0 Å². The highest BCUT2D eigenvalue weighted by molar-refractivity contribution is 6.34. The van der Waals surface area contributed by atoms with E-state index in [1.165, 1.54) is 49.7 Å².